The molecular weight excluding hydrogens is 238 g/mol. The van der Waals surface area contributed by atoms with E-state index in [0.29, 0.717) is 6.61 Å². The van der Waals surface area contributed by atoms with Crippen LogP contribution in [-0.2, 0) is 9.53 Å². The van der Waals surface area contributed by atoms with Crippen LogP contribution in [0.2, 0.25) is 0 Å². The van der Waals surface area contributed by atoms with Crippen molar-refractivity contribution in [3.05, 3.63) is 29.8 Å². The zero-order valence-corrected chi connectivity index (χ0v) is 11.9. The van der Waals surface area contributed by atoms with Crippen LogP contribution in [0.1, 0.15) is 25.3 Å². The Labute approximate surface area is 115 Å². The summed E-state index contributed by atoms with van der Waals surface area (Å²) in [5.74, 6) is 0. The van der Waals surface area contributed by atoms with Gasteiger partial charge in [0.15, 0.2) is 0 Å². The Kier molecular flexibility index (Phi) is 4.59. The highest BCUT2D eigenvalue weighted by Crippen LogP contribution is 2.29. The van der Waals surface area contributed by atoms with Gasteiger partial charge in [-0.15, -0.1) is 0 Å². The lowest BCUT2D eigenvalue weighted by Crippen LogP contribution is -2.44. The zero-order chi connectivity index (χ0) is 13.7. The van der Waals surface area contributed by atoms with Crippen molar-refractivity contribution in [1.29, 1.82) is 0 Å². The molecule has 0 aliphatic carbocycles. The summed E-state index contributed by atoms with van der Waals surface area (Å²) in [6.07, 6.45) is 3.01. The zero-order valence-electron chi connectivity index (χ0n) is 11.9. The predicted octanol–water partition coefficient (Wildman–Crippen LogP) is 2.82. The summed E-state index contributed by atoms with van der Waals surface area (Å²) in [4.78, 5) is 13.8. The first-order valence-electron chi connectivity index (χ1n) is 7.05. The number of carbonyl (C=O) groups is 1. The van der Waals surface area contributed by atoms with Crippen molar-refractivity contribution in [2.75, 3.05) is 31.2 Å². The van der Waals surface area contributed by atoms with Crippen LogP contribution in [0.25, 0.3) is 0 Å². The van der Waals surface area contributed by atoms with E-state index >= 15 is 0 Å². The highest BCUT2D eigenvalue weighted by atomic mass is 16.5. The van der Waals surface area contributed by atoms with Crippen LogP contribution in [-0.4, -0.2) is 32.6 Å². The molecule has 0 bridgehead atoms. The third-order valence-corrected chi connectivity index (χ3v) is 3.86. The Morgan fingerprint density at radius 3 is 2.89 bits per heavy atom. The number of nitrogens with zero attached hydrogens (tertiary/aromatic N) is 1. The van der Waals surface area contributed by atoms with E-state index in [2.05, 4.69) is 43.0 Å². The molecule has 1 aliphatic rings. The Balaban J connectivity index is 2.15. The number of hydrogen-bond donors (Lipinski definition) is 0. The molecule has 1 saturated heterocycles. The average molecular weight is 261 g/mol. The number of anilines is 1. The van der Waals surface area contributed by atoms with Gasteiger partial charge in [0.25, 0.3) is 0 Å². The molecule has 0 saturated carbocycles. The number of ether oxygens (including phenoxy) is 1. The van der Waals surface area contributed by atoms with Gasteiger partial charge in [0, 0.05) is 25.4 Å². The Morgan fingerprint density at radius 1 is 1.47 bits per heavy atom. The van der Waals surface area contributed by atoms with Crippen LogP contribution in [0.3, 0.4) is 0 Å². The monoisotopic (exact) mass is 261 g/mol. The second-order valence-corrected chi connectivity index (χ2v) is 5.49. The Hall–Kier alpha value is -1.35. The molecule has 0 aromatic heterocycles. The van der Waals surface area contributed by atoms with Crippen LogP contribution in [0.4, 0.5) is 5.69 Å². The van der Waals surface area contributed by atoms with Crippen molar-refractivity contribution in [2.45, 2.75) is 26.7 Å². The molecule has 1 aromatic rings. The van der Waals surface area contributed by atoms with Crippen molar-refractivity contribution < 1.29 is 9.53 Å². The molecule has 0 spiro atoms. The van der Waals surface area contributed by atoms with Crippen LogP contribution in [0, 0.1) is 12.3 Å². The molecule has 1 heterocycles. The maximum atomic E-state index is 11.5. The molecule has 1 aromatic carbocycles. The molecule has 3 heteroatoms. The van der Waals surface area contributed by atoms with E-state index in [1.54, 1.807) is 0 Å². The Bertz CT molecular complexity index is 425. The molecule has 0 amide bonds. The third kappa shape index (κ3) is 3.35. The summed E-state index contributed by atoms with van der Waals surface area (Å²) in [6.45, 7) is 7.21. The van der Waals surface area contributed by atoms with Crippen molar-refractivity contribution >= 4 is 12.0 Å². The van der Waals surface area contributed by atoms with E-state index in [-0.39, 0.29) is 5.41 Å². The number of hydrogen-bond acceptors (Lipinski definition) is 3. The standard InChI is InChI=1S/C16H23NO2/c1-3-17(15-7-4-6-14(2)10-15)11-16(12-18)8-5-9-19-13-16/h4,6-7,10,12H,3,5,8-9,11,13H2,1-2H3. The first kappa shape index (κ1) is 14.1. The summed E-state index contributed by atoms with van der Waals surface area (Å²) in [7, 11) is 0. The van der Waals surface area contributed by atoms with Gasteiger partial charge in [-0.05, 0) is 44.4 Å². The molecule has 1 fully saturated rings. The molecule has 0 radical (unpaired) electrons. The largest absolute Gasteiger partial charge is 0.380 e. The Morgan fingerprint density at radius 2 is 2.32 bits per heavy atom. The fraction of sp³-hybridized carbons (Fsp3) is 0.562. The molecule has 1 aliphatic heterocycles. The van der Waals surface area contributed by atoms with E-state index in [9.17, 15) is 4.79 Å². The molecule has 1 atom stereocenters. The van der Waals surface area contributed by atoms with E-state index in [4.69, 9.17) is 4.74 Å². The van der Waals surface area contributed by atoms with Gasteiger partial charge in [-0.25, -0.2) is 0 Å². The van der Waals surface area contributed by atoms with Crippen molar-refractivity contribution in [3.8, 4) is 0 Å². The average Bonchev–Trinajstić information content (AvgIpc) is 2.46. The van der Waals surface area contributed by atoms with Gasteiger partial charge in [-0.3, -0.25) is 0 Å². The molecule has 3 nitrogen and oxygen atoms in total. The van der Waals surface area contributed by atoms with Crippen molar-refractivity contribution in [2.24, 2.45) is 5.41 Å². The van der Waals surface area contributed by atoms with Crippen LogP contribution in [0.5, 0.6) is 0 Å². The van der Waals surface area contributed by atoms with Gasteiger partial charge >= 0.3 is 0 Å². The molecular formula is C16H23NO2. The first-order chi connectivity index (χ1) is 9.19. The fourth-order valence-electron chi connectivity index (χ4n) is 2.72. The smallest absolute Gasteiger partial charge is 0.130 e. The molecule has 1 unspecified atom stereocenters. The number of carbonyl (C=O) groups excluding carboxylic acids is 1. The maximum Gasteiger partial charge on any atom is 0.130 e. The summed E-state index contributed by atoms with van der Waals surface area (Å²) in [5, 5.41) is 0. The van der Waals surface area contributed by atoms with Gasteiger partial charge in [-0.2, -0.15) is 0 Å². The third-order valence-electron chi connectivity index (χ3n) is 3.86. The van der Waals surface area contributed by atoms with Crippen LogP contribution < -0.4 is 4.90 Å². The van der Waals surface area contributed by atoms with Gasteiger partial charge in [0.2, 0.25) is 0 Å². The fourth-order valence-corrected chi connectivity index (χ4v) is 2.72. The minimum absolute atomic E-state index is 0.335. The van der Waals surface area contributed by atoms with Crippen molar-refractivity contribution in [3.63, 3.8) is 0 Å². The quantitative estimate of drug-likeness (QED) is 0.763. The summed E-state index contributed by atoms with van der Waals surface area (Å²) >= 11 is 0. The normalized spacial score (nSPS) is 23.1. The predicted molar refractivity (Wildman–Crippen MR) is 77.6 cm³/mol. The molecule has 104 valence electrons. The van der Waals surface area contributed by atoms with Gasteiger partial charge in [0.1, 0.15) is 6.29 Å². The van der Waals surface area contributed by atoms with Crippen LogP contribution in [0.15, 0.2) is 24.3 Å². The maximum absolute atomic E-state index is 11.5. The minimum atomic E-state index is -0.335. The lowest BCUT2D eigenvalue weighted by atomic mass is 9.83. The number of benzene rings is 1. The van der Waals surface area contributed by atoms with Crippen molar-refractivity contribution in [1.82, 2.24) is 0 Å². The summed E-state index contributed by atoms with van der Waals surface area (Å²) in [5.41, 5.74) is 2.10. The van der Waals surface area contributed by atoms with Gasteiger partial charge in [0.05, 0.1) is 12.0 Å². The molecule has 2 rings (SSSR count). The van der Waals surface area contributed by atoms with E-state index in [1.807, 2.05) is 0 Å². The second kappa shape index (κ2) is 6.20. The lowest BCUT2D eigenvalue weighted by Gasteiger charge is -2.37. The topological polar surface area (TPSA) is 29.5 Å². The highest BCUT2D eigenvalue weighted by Gasteiger charge is 2.34. The lowest BCUT2D eigenvalue weighted by molar-refractivity contribution is -0.122. The van der Waals surface area contributed by atoms with Gasteiger partial charge < -0.3 is 14.4 Å². The summed E-state index contributed by atoms with van der Waals surface area (Å²) < 4.78 is 5.52. The number of rotatable bonds is 5. The molecule has 0 N–H and O–H groups in total. The SMILES string of the molecule is CCN(CC1(C=O)CCCOC1)c1cccc(C)c1. The van der Waals surface area contributed by atoms with E-state index in [1.165, 1.54) is 11.3 Å². The van der Waals surface area contributed by atoms with E-state index in [0.717, 1.165) is 38.8 Å². The number of aryl methyl sites for hydroxylation is 1. The van der Waals surface area contributed by atoms with Crippen LogP contribution >= 0.6 is 0 Å². The minimum Gasteiger partial charge on any atom is -0.380 e. The second-order valence-electron chi connectivity index (χ2n) is 5.49. The summed E-state index contributed by atoms with van der Waals surface area (Å²) in [6, 6.07) is 8.44. The van der Waals surface area contributed by atoms with E-state index < -0.39 is 0 Å². The highest BCUT2D eigenvalue weighted by molar-refractivity contribution is 5.62. The van der Waals surface area contributed by atoms with Gasteiger partial charge in [-0.1, -0.05) is 12.1 Å². The first-order valence-corrected chi connectivity index (χ1v) is 7.05. The molecule has 19 heavy (non-hydrogen) atoms. The number of aldehydes is 1.